The quantitative estimate of drug-likeness (QED) is 0.873. The summed E-state index contributed by atoms with van der Waals surface area (Å²) in [6.07, 6.45) is 3.48. The molecule has 94 valence electrons. The SMILES string of the molecule is CNCc1cnc(Oc2ccc(OC)cc2)nc1. The first kappa shape index (κ1) is 12.3. The average molecular weight is 245 g/mol. The molecule has 0 radical (unpaired) electrons. The van der Waals surface area contributed by atoms with Gasteiger partial charge in [0.25, 0.3) is 0 Å². The molecular weight excluding hydrogens is 230 g/mol. The van der Waals surface area contributed by atoms with Crippen LogP contribution in [0.25, 0.3) is 0 Å². The van der Waals surface area contributed by atoms with E-state index >= 15 is 0 Å². The summed E-state index contributed by atoms with van der Waals surface area (Å²) in [4.78, 5) is 8.26. The van der Waals surface area contributed by atoms with Crippen molar-refractivity contribution < 1.29 is 9.47 Å². The molecule has 5 nitrogen and oxygen atoms in total. The second-order valence-electron chi connectivity index (χ2n) is 3.68. The highest BCUT2D eigenvalue weighted by molar-refractivity contribution is 5.32. The van der Waals surface area contributed by atoms with Crippen LogP contribution in [0.4, 0.5) is 0 Å². The van der Waals surface area contributed by atoms with Gasteiger partial charge in [0.15, 0.2) is 0 Å². The maximum atomic E-state index is 5.51. The van der Waals surface area contributed by atoms with E-state index in [1.165, 1.54) is 0 Å². The summed E-state index contributed by atoms with van der Waals surface area (Å²) in [6.45, 7) is 0.739. The number of benzene rings is 1. The number of hydrogen-bond donors (Lipinski definition) is 1. The van der Waals surface area contributed by atoms with Gasteiger partial charge in [0, 0.05) is 24.5 Å². The van der Waals surface area contributed by atoms with Crippen LogP contribution >= 0.6 is 0 Å². The van der Waals surface area contributed by atoms with Crippen molar-refractivity contribution in [2.75, 3.05) is 14.2 Å². The molecule has 5 heteroatoms. The highest BCUT2D eigenvalue weighted by Gasteiger charge is 2.01. The molecular formula is C13H15N3O2. The summed E-state index contributed by atoms with van der Waals surface area (Å²) in [6, 6.07) is 7.60. The van der Waals surface area contributed by atoms with Gasteiger partial charge in [-0.3, -0.25) is 0 Å². The van der Waals surface area contributed by atoms with Gasteiger partial charge in [0.2, 0.25) is 0 Å². The van der Waals surface area contributed by atoms with Gasteiger partial charge in [-0.1, -0.05) is 0 Å². The molecule has 0 aliphatic heterocycles. The number of methoxy groups -OCH3 is 1. The zero-order valence-electron chi connectivity index (χ0n) is 10.4. The molecule has 0 unspecified atom stereocenters. The minimum Gasteiger partial charge on any atom is -0.497 e. The highest BCUT2D eigenvalue weighted by atomic mass is 16.5. The van der Waals surface area contributed by atoms with Crippen molar-refractivity contribution in [2.24, 2.45) is 0 Å². The summed E-state index contributed by atoms with van der Waals surface area (Å²) in [5.41, 5.74) is 1.01. The smallest absolute Gasteiger partial charge is 0.321 e. The van der Waals surface area contributed by atoms with Crippen molar-refractivity contribution in [3.63, 3.8) is 0 Å². The van der Waals surface area contributed by atoms with Gasteiger partial charge in [-0.05, 0) is 31.3 Å². The number of hydrogen-bond acceptors (Lipinski definition) is 5. The first-order chi connectivity index (χ1) is 8.81. The molecule has 0 fully saturated rings. The molecule has 0 amide bonds. The maximum Gasteiger partial charge on any atom is 0.321 e. The average Bonchev–Trinajstić information content (AvgIpc) is 2.42. The Hall–Kier alpha value is -2.14. The number of aromatic nitrogens is 2. The van der Waals surface area contributed by atoms with Crippen molar-refractivity contribution in [2.45, 2.75) is 6.54 Å². The minimum atomic E-state index is 0.333. The van der Waals surface area contributed by atoms with Crippen LogP contribution in [-0.2, 0) is 6.54 Å². The molecule has 0 saturated carbocycles. The molecule has 1 heterocycles. The van der Waals surface area contributed by atoms with Gasteiger partial charge in [-0.25, -0.2) is 9.97 Å². The van der Waals surface area contributed by atoms with Crippen molar-refractivity contribution in [3.05, 3.63) is 42.2 Å². The number of rotatable bonds is 5. The lowest BCUT2D eigenvalue weighted by atomic mass is 10.3. The maximum absolute atomic E-state index is 5.51. The normalized spacial score (nSPS) is 10.1. The van der Waals surface area contributed by atoms with Crippen LogP contribution in [0, 0.1) is 0 Å². The van der Waals surface area contributed by atoms with Gasteiger partial charge in [-0.15, -0.1) is 0 Å². The molecule has 2 rings (SSSR count). The Morgan fingerprint density at radius 1 is 1.06 bits per heavy atom. The van der Waals surface area contributed by atoms with E-state index < -0.39 is 0 Å². The predicted octanol–water partition coefficient (Wildman–Crippen LogP) is 2.00. The molecule has 1 aromatic carbocycles. The fourth-order valence-corrected chi connectivity index (χ4v) is 1.44. The van der Waals surface area contributed by atoms with Gasteiger partial charge in [0.05, 0.1) is 7.11 Å². The van der Waals surface area contributed by atoms with Crippen LogP contribution in [0.5, 0.6) is 17.5 Å². The zero-order valence-corrected chi connectivity index (χ0v) is 10.4. The zero-order chi connectivity index (χ0) is 12.8. The Labute approximate surface area is 106 Å². The summed E-state index contributed by atoms with van der Waals surface area (Å²) < 4.78 is 10.6. The summed E-state index contributed by atoms with van der Waals surface area (Å²) >= 11 is 0. The molecule has 0 spiro atoms. The first-order valence-electron chi connectivity index (χ1n) is 5.59. The lowest BCUT2D eigenvalue weighted by Gasteiger charge is -2.05. The first-order valence-corrected chi connectivity index (χ1v) is 5.59. The van der Waals surface area contributed by atoms with E-state index in [1.54, 1.807) is 19.5 Å². The lowest BCUT2D eigenvalue weighted by molar-refractivity contribution is 0.410. The molecule has 0 bridgehead atoms. The largest absolute Gasteiger partial charge is 0.497 e. The fraction of sp³-hybridized carbons (Fsp3) is 0.231. The molecule has 2 aromatic rings. The number of nitrogens with zero attached hydrogens (tertiary/aromatic N) is 2. The standard InChI is InChI=1S/C13H15N3O2/c1-14-7-10-8-15-13(16-9-10)18-12-5-3-11(17-2)4-6-12/h3-6,8-9,14H,7H2,1-2H3. The van der Waals surface area contributed by atoms with Crippen molar-refractivity contribution in [1.82, 2.24) is 15.3 Å². The third-order valence-electron chi connectivity index (χ3n) is 2.33. The summed E-state index contributed by atoms with van der Waals surface area (Å²) in [5, 5.41) is 3.03. The van der Waals surface area contributed by atoms with Crippen LogP contribution in [0.2, 0.25) is 0 Å². The Bertz CT molecular complexity index is 483. The summed E-state index contributed by atoms with van der Waals surface area (Å²) in [7, 11) is 3.50. The molecule has 18 heavy (non-hydrogen) atoms. The Balaban J connectivity index is 2.03. The molecule has 0 atom stereocenters. The second kappa shape index (κ2) is 5.97. The molecule has 0 aliphatic carbocycles. The second-order valence-corrected chi connectivity index (χ2v) is 3.68. The number of ether oxygens (including phenoxy) is 2. The third kappa shape index (κ3) is 3.18. The van der Waals surface area contributed by atoms with Crippen LogP contribution in [0.3, 0.4) is 0 Å². The third-order valence-corrected chi connectivity index (χ3v) is 2.33. The van der Waals surface area contributed by atoms with Crippen molar-refractivity contribution in [1.29, 1.82) is 0 Å². The van der Waals surface area contributed by atoms with Gasteiger partial charge < -0.3 is 14.8 Å². The molecule has 0 saturated heterocycles. The fourth-order valence-electron chi connectivity index (χ4n) is 1.44. The van der Waals surface area contributed by atoms with E-state index in [0.717, 1.165) is 17.9 Å². The highest BCUT2D eigenvalue weighted by Crippen LogP contribution is 2.20. The Kier molecular flexibility index (Phi) is 4.09. The van der Waals surface area contributed by atoms with Gasteiger partial charge in [-0.2, -0.15) is 0 Å². The number of nitrogens with one attached hydrogen (secondary N) is 1. The van der Waals surface area contributed by atoms with E-state index in [0.29, 0.717) is 11.8 Å². The monoisotopic (exact) mass is 245 g/mol. The topological polar surface area (TPSA) is 56.3 Å². The Morgan fingerprint density at radius 2 is 1.67 bits per heavy atom. The minimum absolute atomic E-state index is 0.333. The molecule has 1 aromatic heterocycles. The van der Waals surface area contributed by atoms with E-state index in [9.17, 15) is 0 Å². The van der Waals surface area contributed by atoms with Crippen LogP contribution in [-0.4, -0.2) is 24.1 Å². The molecule has 0 aliphatic rings. The van der Waals surface area contributed by atoms with Crippen LogP contribution < -0.4 is 14.8 Å². The van der Waals surface area contributed by atoms with E-state index in [1.807, 2.05) is 31.3 Å². The summed E-state index contributed by atoms with van der Waals surface area (Å²) in [5.74, 6) is 1.46. The van der Waals surface area contributed by atoms with Gasteiger partial charge >= 0.3 is 6.01 Å². The lowest BCUT2D eigenvalue weighted by Crippen LogP contribution is -2.06. The van der Waals surface area contributed by atoms with Gasteiger partial charge in [0.1, 0.15) is 11.5 Å². The van der Waals surface area contributed by atoms with E-state index in [4.69, 9.17) is 9.47 Å². The Morgan fingerprint density at radius 3 is 2.22 bits per heavy atom. The molecule has 1 N–H and O–H groups in total. The van der Waals surface area contributed by atoms with Crippen molar-refractivity contribution in [3.8, 4) is 17.5 Å². The van der Waals surface area contributed by atoms with Crippen molar-refractivity contribution >= 4 is 0 Å². The predicted molar refractivity (Wildman–Crippen MR) is 67.9 cm³/mol. The van der Waals surface area contributed by atoms with Crippen LogP contribution in [0.1, 0.15) is 5.56 Å². The van der Waals surface area contributed by atoms with Crippen LogP contribution in [0.15, 0.2) is 36.7 Å². The van der Waals surface area contributed by atoms with E-state index in [2.05, 4.69) is 15.3 Å². The van der Waals surface area contributed by atoms with E-state index in [-0.39, 0.29) is 0 Å².